The molecule has 3 heterocycles. The first-order chi connectivity index (χ1) is 12.5. The van der Waals surface area contributed by atoms with Gasteiger partial charge in [-0.25, -0.2) is 13.4 Å². The molecule has 3 fully saturated rings. The summed E-state index contributed by atoms with van der Waals surface area (Å²) in [4.78, 5) is 16.5. The quantitative estimate of drug-likeness (QED) is 0.551. The van der Waals surface area contributed by atoms with E-state index in [4.69, 9.17) is 9.47 Å². The Morgan fingerprint density at radius 2 is 2.04 bits per heavy atom. The Morgan fingerprint density at radius 1 is 1.27 bits per heavy atom. The molecule has 26 heavy (non-hydrogen) atoms. The van der Waals surface area contributed by atoms with E-state index in [0.717, 1.165) is 30.7 Å². The van der Waals surface area contributed by atoms with Crippen molar-refractivity contribution in [2.45, 2.75) is 41.7 Å². The molecule has 1 aromatic heterocycles. The molecule has 3 aliphatic rings. The number of hydrogen-bond acceptors (Lipinski definition) is 7. The Bertz CT molecular complexity index is 771. The van der Waals surface area contributed by atoms with Crippen LogP contribution in [-0.4, -0.2) is 61.8 Å². The first kappa shape index (κ1) is 18.2. The molecule has 142 valence electrons. The molecule has 0 unspecified atom stereocenters. The van der Waals surface area contributed by atoms with Crippen molar-refractivity contribution in [1.82, 2.24) is 9.29 Å². The van der Waals surface area contributed by atoms with Crippen LogP contribution in [0.1, 0.15) is 25.7 Å². The van der Waals surface area contributed by atoms with E-state index in [-0.39, 0.29) is 22.4 Å². The summed E-state index contributed by atoms with van der Waals surface area (Å²) in [6.07, 6.45) is 5.11. The summed E-state index contributed by atoms with van der Waals surface area (Å²) in [6.45, 7) is 1.58. The molecule has 1 aromatic rings. The second-order valence-corrected chi connectivity index (χ2v) is 10.0. The van der Waals surface area contributed by atoms with E-state index < -0.39 is 10.0 Å². The average molecular weight is 399 g/mol. The second-order valence-electron chi connectivity index (χ2n) is 7.02. The van der Waals surface area contributed by atoms with E-state index in [1.165, 1.54) is 22.3 Å². The lowest BCUT2D eigenvalue weighted by atomic mass is 9.67. The van der Waals surface area contributed by atoms with Gasteiger partial charge in [-0.2, -0.15) is 4.31 Å². The van der Waals surface area contributed by atoms with Crippen LogP contribution in [0.2, 0.25) is 0 Å². The van der Waals surface area contributed by atoms with Gasteiger partial charge in [0, 0.05) is 31.5 Å². The van der Waals surface area contributed by atoms with E-state index in [1.54, 1.807) is 12.1 Å². The van der Waals surface area contributed by atoms with Gasteiger partial charge in [0.1, 0.15) is 11.0 Å². The van der Waals surface area contributed by atoms with Crippen LogP contribution in [0.3, 0.4) is 0 Å². The summed E-state index contributed by atoms with van der Waals surface area (Å²) in [7, 11) is -3.52. The lowest BCUT2D eigenvalue weighted by Crippen LogP contribution is -2.40. The highest BCUT2D eigenvalue weighted by Crippen LogP contribution is 2.50. The smallest absolute Gasteiger partial charge is 0.312 e. The Labute approximate surface area is 157 Å². The molecule has 2 aliphatic heterocycles. The molecule has 0 bridgehead atoms. The SMILES string of the molecule is O=C1O[C@@H](CSc2ccc(S(=O)(=O)N3CCOCC3)cn2)CC12CCC2. The Hall–Kier alpha value is -1.16. The van der Waals surface area contributed by atoms with Gasteiger partial charge in [0.2, 0.25) is 10.0 Å². The van der Waals surface area contributed by atoms with Crippen LogP contribution in [-0.2, 0) is 24.3 Å². The predicted molar refractivity (Wildman–Crippen MR) is 95.3 cm³/mol. The van der Waals surface area contributed by atoms with Crippen LogP contribution in [0.25, 0.3) is 0 Å². The number of morpholine rings is 1. The first-order valence-electron chi connectivity index (χ1n) is 8.87. The number of nitrogens with zero attached hydrogens (tertiary/aromatic N) is 2. The zero-order valence-corrected chi connectivity index (χ0v) is 16.1. The largest absolute Gasteiger partial charge is 0.461 e. The van der Waals surface area contributed by atoms with Gasteiger partial charge in [-0.1, -0.05) is 6.42 Å². The summed E-state index contributed by atoms with van der Waals surface area (Å²) in [6, 6.07) is 3.31. The van der Waals surface area contributed by atoms with E-state index in [9.17, 15) is 13.2 Å². The molecule has 0 N–H and O–H groups in total. The number of pyridine rings is 1. The molecule has 0 aromatic carbocycles. The highest BCUT2D eigenvalue weighted by atomic mass is 32.2. The van der Waals surface area contributed by atoms with Crippen LogP contribution >= 0.6 is 11.8 Å². The van der Waals surface area contributed by atoms with Crippen LogP contribution in [0.5, 0.6) is 0 Å². The minimum atomic E-state index is -3.52. The minimum absolute atomic E-state index is 0.0470. The number of ether oxygens (including phenoxy) is 2. The molecule has 1 saturated carbocycles. The van der Waals surface area contributed by atoms with Crippen molar-refractivity contribution in [2.75, 3.05) is 32.1 Å². The number of hydrogen-bond donors (Lipinski definition) is 0. The number of aromatic nitrogens is 1. The van der Waals surface area contributed by atoms with Gasteiger partial charge in [-0.15, -0.1) is 11.8 Å². The van der Waals surface area contributed by atoms with E-state index in [0.29, 0.717) is 32.1 Å². The highest BCUT2D eigenvalue weighted by Gasteiger charge is 2.52. The molecular weight excluding hydrogens is 376 g/mol. The molecule has 0 radical (unpaired) electrons. The number of thioether (sulfide) groups is 1. The molecular formula is C17H22N2O5S2. The first-order valence-corrected chi connectivity index (χ1v) is 11.3. The van der Waals surface area contributed by atoms with Gasteiger partial charge in [-0.05, 0) is 25.0 Å². The fourth-order valence-electron chi connectivity index (χ4n) is 3.66. The van der Waals surface area contributed by atoms with Crippen molar-refractivity contribution in [2.24, 2.45) is 5.41 Å². The molecule has 1 spiro atoms. The lowest BCUT2D eigenvalue weighted by Gasteiger charge is -2.33. The molecule has 4 rings (SSSR count). The number of sulfonamides is 1. The summed E-state index contributed by atoms with van der Waals surface area (Å²) in [5.74, 6) is 0.602. The zero-order chi connectivity index (χ0) is 18.2. The van der Waals surface area contributed by atoms with Crippen molar-refractivity contribution in [3.63, 3.8) is 0 Å². The normalized spacial score (nSPS) is 25.8. The van der Waals surface area contributed by atoms with E-state index >= 15 is 0 Å². The summed E-state index contributed by atoms with van der Waals surface area (Å²) < 4.78 is 37.3. The fourth-order valence-corrected chi connectivity index (χ4v) is 5.85. The lowest BCUT2D eigenvalue weighted by molar-refractivity contribution is -0.151. The summed E-state index contributed by atoms with van der Waals surface area (Å²) in [5, 5.41) is 0.733. The number of carbonyl (C=O) groups is 1. The summed E-state index contributed by atoms with van der Waals surface area (Å²) in [5.41, 5.74) is -0.214. The number of rotatable bonds is 5. The average Bonchev–Trinajstić information content (AvgIpc) is 2.98. The Kier molecular flexibility index (Phi) is 4.98. The molecule has 0 amide bonds. The zero-order valence-electron chi connectivity index (χ0n) is 14.4. The molecule has 9 heteroatoms. The number of carbonyl (C=O) groups excluding carboxylic acids is 1. The van der Waals surface area contributed by atoms with Crippen molar-refractivity contribution < 1.29 is 22.7 Å². The van der Waals surface area contributed by atoms with Gasteiger partial charge < -0.3 is 9.47 Å². The third-order valence-electron chi connectivity index (χ3n) is 5.37. The highest BCUT2D eigenvalue weighted by molar-refractivity contribution is 7.99. The monoisotopic (exact) mass is 398 g/mol. The van der Waals surface area contributed by atoms with Gasteiger partial charge >= 0.3 is 5.97 Å². The van der Waals surface area contributed by atoms with Crippen LogP contribution in [0.4, 0.5) is 0 Å². The molecule has 1 atom stereocenters. The standard InChI is InChI=1S/C17H22N2O5S2/c20-16-17(4-1-5-17)10-13(24-16)12-25-15-3-2-14(11-18-15)26(21,22)19-6-8-23-9-7-19/h2-3,11,13H,1,4-10,12H2/t13-/m1/s1. The van der Waals surface area contributed by atoms with Crippen molar-refractivity contribution in [3.8, 4) is 0 Å². The van der Waals surface area contributed by atoms with Crippen molar-refractivity contribution >= 4 is 27.8 Å². The van der Waals surface area contributed by atoms with Gasteiger partial charge in [-0.3, -0.25) is 4.79 Å². The van der Waals surface area contributed by atoms with Crippen LogP contribution in [0.15, 0.2) is 28.3 Å². The third-order valence-corrected chi connectivity index (χ3v) is 8.33. The maximum absolute atomic E-state index is 12.6. The Morgan fingerprint density at radius 3 is 2.62 bits per heavy atom. The maximum Gasteiger partial charge on any atom is 0.312 e. The van der Waals surface area contributed by atoms with Gasteiger partial charge in [0.25, 0.3) is 0 Å². The van der Waals surface area contributed by atoms with E-state index in [1.807, 2.05) is 0 Å². The van der Waals surface area contributed by atoms with Gasteiger partial charge in [0.15, 0.2) is 0 Å². The fraction of sp³-hybridized carbons (Fsp3) is 0.647. The van der Waals surface area contributed by atoms with Crippen molar-refractivity contribution in [3.05, 3.63) is 18.3 Å². The molecule has 2 saturated heterocycles. The van der Waals surface area contributed by atoms with Crippen LogP contribution in [0, 0.1) is 5.41 Å². The van der Waals surface area contributed by atoms with Crippen molar-refractivity contribution in [1.29, 1.82) is 0 Å². The molecule has 7 nitrogen and oxygen atoms in total. The topological polar surface area (TPSA) is 85.8 Å². The number of esters is 1. The maximum atomic E-state index is 12.6. The summed E-state index contributed by atoms with van der Waals surface area (Å²) >= 11 is 1.49. The minimum Gasteiger partial charge on any atom is -0.461 e. The van der Waals surface area contributed by atoms with E-state index in [2.05, 4.69) is 4.98 Å². The van der Waals surface area contributed by atoms with Crippen LogP contribution < -0.4 is 0 Å². The van der Waals surface area contributed by atoms with Gasteiger partial charge in [0.05, 0.1) is 23.7 Å². The second kappa shape index (κ2) is 7.10. The predicted octanol–water partition coefficient (Wildman–Crippen LogP) is 1.68. The number of cyclic esters (lactones) is 1. The Balaban J connectivity index is 1.35. The third kappa shape index (κ3) is 3.37. The molecule has 1 aliphatic carbocycles.